The molecule has 8 nitrogen and oxygen atoms in total. The fourth-order valence-corrected chi connectivity index (χ4v) is 6.06. The molecule has 1 amide bonds. The summed E-state index contributed by atoms with van der Waals surface area (Å²) in [5, 5.41) is 11.8. The summed E-state index contributed by atoms with van der Waals surface area (Å²) in [5.41, 5.74) is 3.99. The number of rotatable bonds is 11. The number of amides is 1. The Kier molecular flexibility index (Phi) is 9.72. The van der Waals surface area contributed by atoms with Crippen LogP contribution in [0.4, 0.5) is 16.0 Å². The summed E-state index contributed by atoms with van der Waals surface area (Å²) in [6.07, 6.45) is 0.978. The number of nitrogens with zero attached hydrogens (tertiary/aromatic N) is 3. The van der Waals surface area contributed by atoms with Crippen molar-refractivity contribution in [2.24, 2.45) is 0 Å². The largest absolute Gasteiger partial charge is 0.490 e. The summed E-state index contributed by atoms with van der Waals surface area (Å²) in [6.45, 7) is 8.19. The first-order chi connectivity index (χ1) is 20.8. The molecule has 1 aliphatic heterocycles. The van der Waals surface area contributed by atoms with E-state index in [1.807, 2.05) is 57.2 Å². The molecular weight excluding hydrogens is 633 g/mol. The van der Waals surface area contributed by atoms with Crippen molar-refractivity contribution in [2.45, 2.75) is 51.9 Å². The second-order valence-corrected chi connectivity index (χ2v) is 11.9. The average Bonchev–Trinajstić information content (AvgIpc) is 3.39. The van der Waals surface area contributed by atoms with Crippen LogP contribution in [0.15, 0.2) is 81.6 Å². The van der Waals surface area contributed by atoms with Gasteiger partial charge in [-0.2, -0.15) is 4.98 Å². The van der Waals surface area contributed by atoms with Crippen molar-refractivity contribution in [1.82, 2.24) is 14.8 Å². The van der Waals surface area contributed by atoms with Gasteiger partial charge in [-0.15, -0.1) is 5.10 Å². The van der Waals surface area contributed by atoms with Gasteiger partial charge in [-0.1, -0.05) is 55.1 Å². The molecule has 1 unspecified atom stereocenters. The third-order valence-corrected chi connectivity index (χ3v) is 8.52. The highest BCUT2D eigenvalue weighted by Crippen LogP contribution is 2.44. The number of benzene rings is 3. The van der Waals surface area contributed by atoms with Gasteiger partial charge < -0.3 is 20.1 Å². The number of halogens is 2. The van der Waals surface area contributed by atoms with Crippen LogP contribution >= 0.6 is 27.7 Å². The number of para-hydroxylation sites is 1. The standard InChI is InChI=1S/C32H33BrFN5O3S/c1-5-15-43-32-37-31-35-20(4)27(30(40)36-25-14-10-7-11-19(25)3)28(39(31)38-32)22-16-23(33)29(26(17-22)41-6-2)42-18-21-12-8-9-13-24(21)34/h7-14,16-17,28H,5-6,15,18H2,1-4H3,(H,36,40)(H,35,37,38). The minimum atomic E-state index is -0.625. The van der Waals surface area contributed by atoms with Gasteiger partial charge in [-0.05, 0) is 78.5 Å². The molecule has 224 valence electrons. The van der Waals surface area contributed by atoms with Gasteiger partial charge in [0.05, 0.1) is 16.7 Å². The summed E-state index contributed by atoms with van der Waals surface area (Å²) in [6, 6.07) is 17.2. The number of fused-ring (bicyclic) bond motifs is 1. The van der Waals surface area contributed by atoms with Crippen molar-refractivity contribution in [3.05, 3.63) is 98.9 Å². The normalized spacial score (nSPS) is 14.2. The van der Waals surface area contributed by atoms with E-state index in [1.165, 1.54) is 6.07 Å². The lowest BCUT2D eigenvalue weighted by molar-refractivity contribution is -0.113. The first kappa shape index (κ1) is 30.6. The van der Waals surface area contributed by atoms with Crippen molar-refractivity contribution < 1.29 is 18.7 Å². The predicted molar refractivity (Wildman–Crippen MR) is 171 cm³/mol. The maximum absolute atomic E-state index is 14.3. The lowest BCUT2D eigenvalue weighted by Gasteiger charge is -2.29. The number of aryl methyl sites for hydroxylation is 1. The van der Waals surface area contributed by atoms with Gasteiger partial charge >= 0.3 is 0 Å². The molecule has 2 N–H and O–H groups in total. The van der Waals surface area contributed by atoms with Gasteiger partial charge in [0.2, 0.25) is 11.1 Å². The van der Waals surface area contributed by atoms with Crippen molar-refractivity contribution in [2.75, 3.05) is 23.0 Å². The van der Waals surface area contributed by atoms with Crippen molar-refractivity contribution in [3.63, 3.8) is 0 Å². The van der Waals surface area contributed by atoms with Gasteiger partial charge in [0.15, 0.2) is 11.5 Å². The summed E-state index contributed by atoms with van der Waals surface area (Å²) in [7, 11) is 0. The molecule has 1 atom stereocenters. The van der Waals surface area contributed by atoms with Crippen LogP contribution in [0.2, 0.25) is 0 Å². The van der Waals surface area contributed by atoms with Crippen LogP contribution in [0.25, 0.3) is 0 Å². The molecule has 0 aliphatic carbocycles. The van der Waals surface area contributed by atoms with E-state index < -0.39 is 6.04 Å². The molecule has 2 heterocycles. The number of thioether (sulfide) groups is 1. The third-order valence-electron chi connectivity index (χ3n) is 6.88. The second-order valence-electron chi connectivity index (χ2n) is 9.99. The Bertz CT molecular complexity index is 1670. The predicted octanol–water partition coefficient (Wildman–Crippen LogP) is 7.90. The summed E-state index contributed by atoms with van der Waals surface area (Å²) in [5.74, 6) is 1.70. The number of carbonyl (C=O) groups excluding carboxylic acids is 1. The molecule has 0 radical (unpaired) electrons. The Hall–Kier alpha value is -3.83. The van der Waals surface area contributed by atoms with E-state index in [9.17, 15) is 9.18 Å². The zero-order valence-electron chi connectivity index (χ0n) is 24.4. The smallest absolute Gasteiger partial charge is 0.255 e. The quantitative estimate of drug-likeness (QED) is 0.157. The number of hydrogen-bond acceptors (Lipinski definition) is 7. The zero-order chi connectivity index (χ0) is 30.5. The number of ether oxygens (including phenoxy) is 2. The molecule has 0 saturated carbocycles. The SMILES string of the molecule is CCCSc1nc2n(n1)C(c1cc(Br)c(OCc3ccccc3F)c(OCC)c1)C(C(=O)Nc1ccccc1C)=C(C)N2. The fraction of sp³-hybridized carbons (Fsp3) is 0.281. The molecule has 5 rings (SSSR count). The minimum Gasteiger partial charge on any atom is -0.490 e. The Morgan fingerprint density at radius 1 is 1.12 bits per heavy atom. The number of allylic oxidation sites excluding steroid dienone is 1. The van der Waals surface area contributed by atoms with Crippen LogP contribution in [-0.4, -0.2) is 33.0 Å². The fourth-order valence-electron chi connectivity index (χ4n) is 4.81. The molecule has 1 aliphatic rings. The summed E-state index contributed by atoms with van der Waals surface area (Å²) in [4.78, 5) is 18.7. The van der Waals surface area contributed by atoms with Crippen LogP contribution < -0.4 is 20.1 Å². The number of nitrogens with one attached hydrogen (secondary N) is 2. The van der Waals surface area contributed by atoms with Crippen molar-refractivity contribution in [1.29, 1.82) is 0 Å². The Morgan fingerprint density at radius 3 is 2.63 bits per heavy atom. The number of carbonyl (C=O) groups is 1. The Labute approximate surface area is 263 Å². The molecule has 0 spiro atoms. The molecule has 0 fully saturated rings. The highest BCUT2D eigenvalue weighted by Gasteiger charge is 2.35. The topological polar surface area (TPSA) is 90.3 Å². The van der Waals surface area contributed by atoms with Crippen LogP contribution in [0.5, 0.6) is 11.5 Å². The molecule has 0 bridgehead atoms. The first-order valence-corrected chi connectivity index (χ1v) is 15.8. The van der Waals surface area contributed by atoms with Gasteiger partial charge in [-0.3, -0.25) is 4.79 Å². The van der Waals surface area contributed by atoms with Gasteiger partial charge in [0.1, 0.15) is 18.5 Å². The highest BCUT2D eigenvalue weighted by atomic mass is 79.9. The number of hydrogen-bond donors (Lipinski definition) is 2. The summed E-state index contributed by atoms with van der Waals surface area (Å²) >= 11 is 5.22. The molecule has 4 aromatic rings. The van der Waals surface area contributed by atoms with Gasteiger partial charge in [-0.25, -0.2) is 9.07 Å². The third kappa shape index (κ3) is 6.73. The zero-order valence-corrected chi connectivity index (χ0v) is 26.8. The van der Waals surface area contributed by atoms with E-state index in [2.05, 4.69) is 33.5 Å². The number of aromatic nitrogens is 3. The maximum atomic E-state index is 14.3. The molecule has 3 aromatic carbocycles. The molecule has 11 heteroatoms. The lowest BCUT2D eigenvalue weighted by atomic mass is 9.94. The van der Waals surface area contributed by atoms with Crippen LogP contribution in [-0.2, 0) is 11.4 Å². The van der Waals surface area contributed by atoms with E-state index in [1.54, 1.807) is 34.6 Å². The van der Waals surface area contributed by atoms with Crippen molar-refractivity contribution in [3.8, 4) is 11.5 Å². The van der Waals surface area contributed by atoms with Gasteiger partial charge in [0, 0.05) is 22.7 Å². The second kappa shape index (κ2) is 13.6. The summed E-state index contributed by atoms with van der Waals surface area (Å²) < 4.78 is 28.8. The van der Waals surface area contributed by atoms with E-state index in [-0.39, 0.29) is 18.3 Å². The van der Waals surface area contributed by atoms with Gasteiger partial charge in [0.25, 0.3) is 5.91 Å². The molecule has 1 aromatic heterocycles. The molecule has 0 saturated heterocycles. The average molecular weight is 667 g/mol. The van der Waals surface area contributed by atoms with E-state index in [4.69, 9.17) is 19.6 Å². The van der Waals surface area contributed by atoms with Crippen molar-refractivity contribution >= 4 is 45.2 Å². The molecular formula is C32H33BrFN5O3S. The van der Waals surface area contributed by atoms with Crippen LogP contribution in [0, 0.1) is 12.7 Å². The Balaban J connectivity index is 1.58. The monoisotopic (exact) mass is 665 g/mol. The minimum absolute atomic E-state index is 0.0202. The van der Waals surface area contributed by atoms with E-state index >= 15 is 0 Å². The van der Waals surface area contributed by atoms with E-state index in [0.29, 0.717) is 50.5 Å². The van der Waals surface area contributed by atoms with E-state index in [0.717, 1.165) is 29.0 Å². The lowest BCUT2D eigenvalue weighted by Crippen LogP contribution is -2.31. The maximum Gasteiger partial charge on any atom is 0.255 e. The Morgan fingerprint density at radius 2 is 1.88 bits per heavy atom. The van der Waals surface area contributed by atoms with Crippen LogP contribution in [0.3, 0.4) is 0 Å². The van der Waals surface area contributed by atoms with Crippen LogP contribution in [0.1, 0.15) is 49.9 Å². The highest BCUT2D eigenvalue weighted by molar-refractivity contribution is 9.10. The number of anilines is 2. The molecule has 43 heavy (non-hydrogen) atoms. The first-order valence-electron chi connectivity index (χ1n) is 14.1.